The van der Waals surface area contributed by atoms with E-state index in [0.717, 1.165) is 29.8 Å². The number of hydrogen-bond acceptors (Lipinski definition) is 3. The summed E-state index contributed by atoms with van der Waals surface area (Å²) in [6, 6.07) is 7.51. The van der Waals surface area contributed by atoms with Gasteiger partial charge in [-0.2, -0.15) is 0 Å². The van der Waals surface area contributed by atoms with Crippen molar-refractivity contribution >= 4 is 11.6 Å². The van der Waals surface area contributed by atoms with Crippen molar-refractivity contribution in [2.75, 3.05) is 6.54 Å². The van der Waals surface area contributed by atoms with Gasteiger partial charge in [-0.15, -0.1) is 0 Å². The fourth-order valence-corrected chi connectivity index (χ4v) is 2.42. The zero-order valence-corrected chi connectivity index (χ0v) is 11.2. The molecule has 0 unspecified atom stereocenters. The first kappa shape index (κ1) is 12.4. The summed E-state index contributed by atoms with van der Waals surface area (Å²) in [5.41, 5.74) is 2.84. The molecule has 0 amide bonds. The van der Waals surface area contributed by atoms with Crippen LogP contribution < -0.4 is 10.9 Å². The summed E-state index contributed by atoms with van der Waals surface area (Å²) in [5, 5.41) is 3.92. The molecule has 2 aromatic rings. The van der Waals surface area contributed by atoms with Crippen molar-refractivity contribution in [3.63, 3.8) is 0 Å². The fourth-order valence-electron chi connectivity index (χ4n) is 2.29. The van der Waals surface area contributed by atoms with Crippen LogP contribution in [0.25, 0.3) is 0 Å². The first-order valence-electron chi connectivity index (χ1n) is 6.26. The smallest absolute Gasteiger partial charge is 0.257 e. The zero-order chi connectivity index (χ0) is 13.2. The summed E-state index contributed by atoms with van der Waals surface area (Å²) in [6.07, 6.45) is 2.38. The standard InChI is InChI=1S/C14H14ClN3O/c15-11-3-1-10(2-4-11)8-18-9-17-13-7-16-6-5-12(13)14(18)19/h1-4,9,16H,5-8H2. The Labute approximate surface area is 116 Å². The monoisotopic (exact) mass is 275 g/mol. The van der Waals surface area contributed by atoms with Gasteiger partial charge in [-0.3, -0.25) is 9.36 Å². The number of nitrogens with one attached hydrogen (secondary N) is 1. The van der Waals surface area contributed by atoms with Crippen LogP contribution in [0.2, 0.25) is 5.02 Å². The van der Waals surface area contributed by atoms with Crippen molar-refractivity contribution < 1.29 is 0 Å². The molecule has 0 atom stereocenters. The Bertz CT molecular complexity index is 649. The van der Waals surface area contributed by atoms with E-state index in [9.17, 15) is 4.79 Å². The maximum Gasteiger partial charge on any atom is 0.257 e. The molecular weight excluding hydrogens is 262 g/mol. The number of nitrogens with zero attached hydrogens (tertiary/aromatic N) is 2. The van der Waals surface area contributed by atoms with Gasteiger partial charge >= 0.3 is 0 Å². The van der Waals surface area contributed by atoms with E-state index in [1.165, 1.54) is 0 Å². The highest BCUT2D eigenvalue weighted by Crippen LogP contribution is 2.11. The summed E-state index contributed by atoms with van der Waals surface area (Å²) in [6.45, 7) is 2.06. The number of fused-ring (bicyclic) bond motifs is 1. The molecule has 3 rings (SSSR count). The maximum atomic E-state index is 12.4. The van der Waals surface area contributed by atoms with Crippen molar-refractivity contribution in [2.24, 2.45) is 0 Å². The highest BCUT2D eigenvalue weighted by Gasteiger charge is 2.15. The highest BCUT2D eigenvalue weighted by atomic mass is 35.5. The lowest BCUT2D eigenvalue weighted by atomic mass is 10.1. The van der Waals surface area contributed by atoms with Crippen LogP contribution in [0.15, 0.2) is 35.4 Å². The second-order valence-corrected chi connectivity index (χ2v) is 5.09. The second kappa shape index (κ2) is 5.15. The molecular formula is C14H14ClN3O. The molecule has 1 aliphatic heterocycles. The molecule has 0 radical (unpaired) electrons. The summed E-state index contributed by atoms with van der Waals surface area (Å²) in [4.78, 5) is 16.7. The average molecular weight is 276 g/mol. The Morgan fingerprint density at radius 2 is 2.11 bits per heavy atom. The molecule has 4 nitrogen and oxygen atoms in total. The van der Waals surface area contributed by atoms with Crippen molar-refractivity contribution in [1.82, 2.24) is 14.9 Å². The van der Waals surface area contributed by atoms with Gasteiger partial charge in [-0.25, -0.2) is 4.98 Å². The third kappa shape index (κ3) is 2.55. The van der Waals surface area contributed by atoms with Crippen LogP contribution in [0.5, 0.6) is 0 Å². The molecule has 1 aliphatic rings. The molecule has 1 aromatic heterocycles. The van der Waals surface area contributed by atoms with Gasteiger partial charge in [0.05, 0.1) is 18.6 Å². The molecule has 98 valence electrons. The van der Waals surface area contributed by atoms with Gasteiger partial charge in [0.2, 0.25) is 0 Å². The van der Waals surface area contributed by atoms with E-state index in [0.29, 0.717) is 18.1 Å². The van der Waals surface area contributed by atoms with Gasteiger partial charge < -0.3 is 5.32 Å². The summed E-state index contributed by atoms with van der Waals surface area (Å²) >= 11 is 5.85. The van der Waals surface area contributed by atoms with E-state index >= 15 is 0 Å². The molecule has 0 saturated heterocycles. The molecule has 0 spiro atoms. The van der Waals surface area contributed by atoms with Crippen molar-refractivity contribution in [1.29, 1.82) is 0 Å². The van der Waals surface area contributed by atoms with E-state index in [-0.39, 0.29) is 5.56 Å². The van der Waals surface area contributed by atoms with Crippen LogP contribution in [0, 0.1) is 0 Å². The van der Waals surface area contributed by atoms with E-state index in [4.69, 9.17) is 11.6 Å². The quantitative estimate of drug-likeness (QED) is 0.905. The summed E-state index contributed by atoms with van der Waals surface area (Å²) in [5.74, 6) is 0. The minimum absolute atomic E-state index is 0.0708. The topological polar surface area (TPSA) is 46.9 Å². The predicted molar refractivity (Wildman–Crippen MR) is 74.5 cm³/mol. The number of aromatic nitrogens is 2. The molecule has 5 heteroatoms. The van der Waals surface area contributed by atoms with Crippen LogP contribution in [0.4, 0.5) is 0 Å². The molecule has 1 aromatic carbocycles. The lowest BCUT2D eigenvalue weighted by molar-refractivity contribution is 0.596. The van der Waals surface area contributed by atoms with Gasteiger partial charge in [-0.1, -0.05) is 23.7 Å². The minimum atomic E-state index is 0.0708. The van der Waals surface area contributed by atoms with Crippen LogP contribution in [-0.2, 0) is 19.5 Å². The van der Waals surface area contributed by atoms with E-state index < -0.39 is 0 Å². The fraction of sp³-hybridized carbons (Fsp3) is 0.286. The Balaban J connectivity index is 1.93. The third-order valence-corrected chi connectivity index (χ3v) is 3.58. The first-order valence-corrected chi connectivity index (χ1v) is 6.64. The second-order valence-electron chi connectivity index (χ2n) is 4.66. The lowest BCUT2D eigenvalue weighted by Gasteiger charge is -2.16. The lowest BCUT2D eigenvalue weighted by Crippen LogP contribution is -2.34. The highest BCUT2D eigenvalue weighted by molar-refractivity contribution is 6.30. The Hall–Kier alpha value is -1.65. The van der Waals surface area contributed by atoms with Crippen LogP contribution in [-0.4, -0.2) is 16.1 Å². The van der Waals surface area contributed by atoms with Gasteiger partial charge in [0, 0.05) is 17.1 Å². The van der Waals surface area contributed by atoms with Gasteiger partial charge in [0.1, 0.15) is 0 Å². The van der Waals surface area contributed by atoms with Crippen LogP contribution in [0.3, 0.4) is 0 Å². The minimum Gasteiger partial charge on any atom is -0.311 e. The number of halogens is 1. The maximum absolute atomic E-state index is 12.4. The largest absolute Gasteiger partial charge is 0.311 e. The van der Waals surface area contributed by atoms with Crippen LogP contribution >= 0.6 is 11.6 Å². The first-order chi connectivity index (χ1) is 9.24. The molecule has 0 fully saturated rings. The van der Waals surface area contributed by atoms with Gasteiger partial charge in [0.25, 0.3) is 5.56 Å². The predicted octanol–water partition coefficient (Wildman–Crippen LogP) is 1.59. The Morgan fingerprint density at radius 3 is 2.89 bits per heavy atom. The molecule has 0 aliphatic carbocycles. The summed E-state index contributed by atoms with van der Waals surface area (Å²) < 4.78 is 1.66. The van der Waals surface area contributed by atoms with Crippen LogP contribution in [0.1, 0.15) is 16.8 Å². The molecule has 0 saturated carbocycles. The SMILES string of the molecule is O=c1c2c(ncn1Cc1ccc(Cl)cc1)CNCC2. The average Bonchev–Trinajstić information content (AvgIpc) is 2.45. The number of hydrogen-bond donors (Lipinski definition) is 1. The van der Waals surface area contributed by atoms with Gasteiger partial charge in [0.15, 0.2) is 0 Å². The Morgan fingerprint density at radius 1 is 1.32 bits per heavy atom. The zero-order valence-electron chi connectivity index (χ0n) is 10.4. The molecule has 2 heterocycles. The molecule has 0 bridgehead atoms. The normalized spacial score (nSPS) is 14.2. The number of rotatable bonds is 2. The van der Waals surface area contributed by atoms with Gasteiger partial charge in [-0.05, 0) is 30.7 Å². The van der Waals surface area contributed by atoms with Crippen molar-refractivity contribution in [3.05, 3.63) is 62.8 Å². The number of benzene rings is 1. The molecule has 1 N–H and O–H groups in total. The Kier molecular flexibility index (Phi) is 3.36. The van der Waals surface area contributed by atoms with E-state index in [1.54, 1.807) is 10.9 Å². The van der Waals surface area contributed by atoms with E-state index in [1.807, 2.05) is 24.3 Å². The third-order valence-electron chi connectivity index (χ3n) is 3.33. The van der Waals surface area contributed by atoms with E-state index in [2.05, 4.69) is 10.3 Å². The molecule has 19 heavy (non-hydrogen) atoms. The van der Waals surface area contributed by atoms with Crippen molar-refractivity contribution in [2.45, 2.75) is 19.5 Å². The summed E-state index contributed by atoms with van der Waals surface area (Å²) in [7, 11) is 0. The van der Waals surface area contributed by atoms with Crippen molar-refractivity contribution in [3.8, 4) is 0 Å².